The summed E-state index contributed by atoms with van der Waals surface area (Å²) in [6, 6.07) is 9.44. The molecular weight excluding hydrogens is 322 g/mol. The average molecular weight is 358 g/mol. The largest absolute Gasteiger partial charge is 0.388 e. The first-order chi connectivity index (χ1) is 12.5. The van der Waals surface area contributed by atoms with Crippen molar-refractivity contribution in [3.05, 3.63) is 29.8 Å². The van der Waals surface area contributed by atoms with E-state index >= 15 is 0 Å². The Morgan fingerprint density at radius 3 is 2.50 bits per heavy atom. The second-order valence-corrected chi connectivity index (χ2v) is 8.45. The third-order valence-corrected chi connectivity index (χ3v) is 6.84. The predicted molar refractivity (Wildman–Crippen MR) is 109 cm³/mol. The Labute approximate surface area is 158 Å². The lowest BCUT2D eigenvalue weighted by Gasteiger charge is -2.45. The van der Waals surface area contributed by atoms with Crippen molar-refractivity contribution in [1.82, 2.24) is 10.2 Å². The number of hydrogen-bond acceptors (Lipinski definition) is 4. The molecule has 0 aliphatic carbocycles. The van der Waals surface area contributed by atoms with Crippen LogP contribution in [-0.4, -0.2) is 50.0 Å². The molecule has 0 radical (unpaired) electrons. The maximum absolute atomic E-state index is 12.3. The molecule has 144 valence electrons. The zero-order valence-electron chi connectivity index (χ0n) is 16.8. The molecule has 4 heteroatoms. The van der Waals surface area contributed by atoms with Crippen LogP contribution in [0.2, 0.25) is 0 Å². The molecule has 0 saturated carbocycles. The Bertz CT molecular complexity index is 596. The van der Waals surface area contributed by atoms with Crippen LogP contribution in [0.15, 0.2) is 24.3 Å². The summed E-state index contributed by atoms with van der Waals surface area (Å²) < 4.78 is 0. The zero-order chi connectivity index (χ0) is 18.7. The van der Waals surface area contributed by atoms with E-state index in [0.717, 1.165) is 44.7 Å². The number of Topliss-reactive ketones (excluding diaryl/α,β-unsaturated/α-hetero) is 1. The molecule has 2 aliphatic rings. The van der Waals surface area contributed by atoms with Crippen molar-refractivity contribution in [3.63, 3.8) is 0 Å². The van der Waals surface area contributed by atoms with Gasteiger partial charge in [-0.2, -0.15) is 0 Å². The Balaban J connectivity index is 1.60. The molecule has 0 bridgehead atoms. The first-order valence-corrected chi connectivity index (χ1v) is 10.2. The van der Waals surface area contributed by atoms with Crippen LogP contribution in [0, 0.1) is 17.8 Å². The van der Waals surface area contributed by atoms with E-state index in [1.807, 2.05) is 7.05 Å². The number of anilines is 1. The summed E-state index contributed by atoms with van der Waals surface area (Å²) in [6.45, 7) is 10.8. The minimum atomic E-state index is 0.214. The SMILES string of the molecule is CNc1ccc(C(C)C(C)CC2CCN(C3CNC3)CC2C(C)=O)cc1. The quantitative estimate of drug-likeness (QED) is 0.785. The minimum Gasteiger partial charge on any atom is -0.388 e. The fraction of sp³-hybridized carbons (Fsp3) is 0.682. The van der Waals surface area contributed by atoms with E-state index in [1.54, 1.807) is 6.92 Å². The first-order valence-electron chi connectivity index (χ1n) is 10.2. The van der Waals surface area contributed by atoms with Gasteiger partial charge in [-0.3, -0.25) is 9.69 Å². The molecule has 1 aromatic rings. The third kappa shape index (κ3) is 4.29. The summed E-state index contributed by atoms with van der Waals surface area (Å²) in [6.07, 6.45) is 2.31. The average Bonchev–Trinajstić information content (AvgIpc) is 2.60. The molecule has 4 unspecified atom stereocenters. The summed E-state index contributed by atoms with van der Waals surface area (Å²) in [5.74, 6) is 2.23. The minimum absolute atomic E-state index is 0.214. The van der Waals surface area contributed by atoms with Gasteiger partial charge in [0.2, 0.25) is 0 Å². The topological polar surface area (TPSA) is 44.4 Å². The number of carbonyl (C=O) groups is 1. The molecule has 1 aromatic carbocycles. The van der Waals surface area contributed by atoms with Crippen LogP contribution in [-0.2, 0) is 4.79 Å². The summed E-state index contributed by atoms with van der Waals surface area (Å²) >= 11 is 0. The fourth-order valence-electron chi connectivity index (χ4n) is 4.60. The van der Waals surface area contributed by atoms with Gasteiger partial charge in [-0.15, -0.1) is 0 Å². The van der Waals surface area contributed by atoms with Crippen LogP contribution in [0.25, 0.3) is 0 Å². The number of nitrogens with one attached hydrogen (secondary N) is 2. The molecule has 0 aromatic heterocycles. The number of likely N-dealkylation sites (tertiary alicyclic amines) is 1. The molecule has 2 aliphatic heterocycles. The highest BCUT2D eigenvalue weighted by atomic mass is 16.1. The van der Waals surface area contributed by atoms with Gasteiger partial charge in [-0.05, 0) is 61.8 Å². The number of carbonyl (C=O) groups excluding carboxylic acids is 1. The Morgan fingerprint density at radius 1 is 1.27 bits per heavy atom. The van der Waals surface area contributed by atoms with E-state index in [9.17, 15) is 4.79 Å². The predicted octanol–water partition coefficient (Wildman–Crippen LogP) is 3.36. The molecule has 2 heterocycles. The maximum atomic E-state index is 12.3. The van der Waals surface area contributed by atoms with E-state index in [1.165, 1.54) is 5.56 Å². The number of ketones is 1. The van der Waals surface area contributed by atoms with E-state index in [4.69, 9.17) is 0 Å². The van der Waals surface area contributed by atoms with Gasteiger partial charge in [0.05, 0.1) is 0 Å². The van der Waals surface area contributed by atoms with Crippen molar-refractivity contribution >= 4 is 11.5 Å². The normalized spacial score (nSPS) is 26.8. The fourth-order valence-corrected chi connectivity index (χ4v) is 4.60. The first kappa shape index (κ1) is 19.4. The molecule has 3 rings (SSSR count). The lowest BCUT2D eigenvalue weighted by atomic mass is 9.74. The number of benzene rings is 1. The highest BCUT2D eigenvalue weighted by Gasteiger charge is 2.37. The Hall–Kier alpha value is -1.39. The van der Waals surface area contributed by atoms with Crippen molar-refractivity contribution in [2.45, 2.75) is 45.6 Å². The van der Waals surface area contributed by atoms with Crippen molar-refractivity contribution in [2.75, 3.05) is 38.5 Å². The molecule has 26 heavy (non-hydrogen) atoms. The standard InChI is InChI=1S/C22H35N3O/c1-15(16(2)18-5-7-20(23-4)8-6-18)11-19-9-10-25(21-12-24-13-21)14-22(19)17(3)26/h5-8,15-16,19,21-24H,9-14H2,1-4H3. The van der Waals surface area contributed by atoms with Crippen molar-refractivity contribution < 1.29 is 4.79 Å². The molecular formula is C22H35N3O. The number of hydrogen-bond donors (Lipinski definition) is 2. The number of nitrogens with zero attached hydrogens (tertiary/aromatic N) is 1. The monoisotopic (exact) mass is 357 g/mol. The highest BCUT2D eigenvalue weighted by Crippen LogP contribution is 2.36. The van der Waals surface area contributed by atoms with Gasteiger partial charge in [-0.1, -0.05) is 26.0 Å². The van der Waals surface area contributed by atoms with E-state index in [0.29, 0.717) is 29.6 Å². The summed E-state index contributed by atoms with van der Waals surface area (Å²) in [7, 11) is 1.95. The zero-order valence-corrected chi connectivity index (χ0v) is 16.8. The van der Waals surface area contributed by atoms with Gasteiger partial charge in [0.15, 0.2) is 0 Å². The van der Waals surface area contributed by atoms with Crippen molar-refractivity contribution in [1.29, 1.82) is 0 Å². The van der Waals surface area contributed by atoms with Gasteiger partial charge >= 0.3 is 0 Å². The molecule has 4 atom stereocenters. The Kier molecular flexibility index (Phi) is 6.36. The second kappa shape index (κ2) is 8.53. The van der Waals surface area contributed by atoms with Crippen LogP contribution >= 0.6 is 0 Å². The van der Waals surface area contributed by atoms with Gasteiger partial charge in [0.1, 0.15) is 5.78 Å². The third-order valence-electron chi connectivity index (χ3n) is 6.84. The van der Waals surface area contributed by atoms with Gasteiger partial charge in [0, 0.05) is 44.3 Å². The van der Waals surface area contributed by atoms with E-state index in [-0.39, 0.29) is 5.92 Å². The van der Waals surface area contributed by atoms with Gasteiger partial charge in [-0.25, -0.2) is 0 Å². The van der Waals surface area contributed by atoms with Gasteiger partial charge in [0.25, 0.3) is 0 Å². The highest BCUT2D eigenvalue weighted by molar-refractivity contribution is 5.79. The van der Waals surface area contributed by atoms with Crippen LogP contribution in [0.3, 0.4) is 0 Å². The summed E-state index contributed by atoms with van der Waals surface area (Å²) in [5, 5.41) is 6.54. The lowest BCUT2D eigenvalue weighted by Crippen LogP contribution is -2.60. The van der Waals surface area contributed by atoms with Crippen LogP contribution in [0.4, 0.5) is 5.69 Å². The summed E-state index contributed by atoms with van der Waals surface area (Å²) in [4.78, 5) is 14.9. The summed E-state index contributed by atoms with van der Waals surface area (Å²) in [5.41, 5.74) is 2.55. The lowest BCUT2D eigenvalue weighted by molar-refractivity contribution is -0.125. The molecule has 4 nitrogen and oxygen atoms in total. The van der Waals surface area contributed by atoms with Crippen molar-refractivity contribution in [3.8, 4) is 0 Å². The number of piperidine rings is 1. The number of rotatable bonds is 7. The van der Waals surface area contributed by atoms with Crippen LogP contribution in [0.5, 0.6) is 0 Å². The van der Waals surface area contributed by atoms with Crippen LogP contribution in [0.1, 0.15) is 45.1 Å². The molecule has 2 fully saturated rings. The maximum Gasteiger partial charge on any atom is 0.134 e. The molecule has 2 N–H and O–H groups in total. The van der Waals surface area contributed by atoms with E-state index < -0.39 is 0 Å². The van der Waals surface area contributed by atoms with Crippen molar-refractivity contribution in [2.24, 2.45) is 17.8 Å². The Morgan fingerprint density at radius 2 is 1.96 bits per heavy atom. The molecule has 0 amide bonds. The molecule has 2 saturated heterocycles. The van der Waals surface area contributed by atoms with Crippen LogP contribution < -0.4 is 10.6 Å². The van der Waals surface area contributed by atoms with E-state index in [2.05, 4.69) is 53.6 Å². The second-order valence-electron chi connectivity index (χ2n) is 8.45. The van der Waals surface area contributed by atoms with Gasteiger partial charge < -0.3 is 10.6 Å². The smallest absolute Gasteiger partial charge is 0.134 e. The molecule has 0 spiro atoms.